The van der Waals surface area contributed by atoms with Crippen molar-refractivity contribution >= 4 is 27.5 Å². The predicted molar refractivity (Wildman–Crippen MR) is 63.1 cm³/mol. The summed E-state index contributed by atoms with van der Waals surface area (Å²) in [6, 6.07) is 0.432. The number of hydrogen-bond acceptors (Lipinski definition) is 2. The molecule has 1 heterocycles. The molecule has 0 saturated heterocycles. The van der Waals surface area contributed by atoms with Crippen molar-refractivity contribution < 1.29 is 0 Å². The highest BCUT2D eigenvalue weighted by Gasteiger charge is 2.11. The highest BCUT2D eigenvalue weighted by Crippen LogP contribution is 2.18. The van der Waals surface area contributed by atoms with Crippen molar-refractivity contribution in [3.63, 3.8) is 0 Å². The van der Waals surface area contributed by atoms with E-state index >= 15 is 0 Å². The number of nitrogens with one attached hydrogen (secondary N) is 1. The van der Waals surface area contributed by atoms with E-state index < -0.39 is 0 Å². The zero-order valence-electron chi connectivity index (χ0n) is 8.64. The van der Waals surface area contributed by atoms with E-state index in [2.05, 4.69) is 33.3 Å². The van der Waals surface area contributed by atoms with Gasteiger partial charge in [0, 0.05) is 25.0 Å². The molecule has 0 aliphatic rings. The van der Waals surface area contributed by atoms with E-state index in [0.717, 1.165) is 28.3 Å². The minimum atomic E-state index is 0.432. The van der Waals surface area contributed by atoms with Crippen LogP contribution in [0.3, 0.4) is 0 Å². The summed E-state index contributed by atoms with van der Waals surface area (Å²) in [4.78, 5) is 0. The third-order valence-electron chi connectivity index (χ3n) is 2.11. The van der Waals surface area contributed by atoms with Gasteiger partial charge >= 0.3 is 0 Å². The van der Waals surface area contributed by atoms with Crippen molar-refractivity contribution in [1.82, 2.24) is 15.1 Å². The lowest BCUT2D eigenvalue weighted by molar-refractivity contribution is 0.566. The molecule has 1 aromatic rings. The third-order valence-corrected chi connectivity index (χ3v) is 3.57. The lowest BCUT2D eigenvalue weighted by atomic mass is 10.3. The van der Waals surface area contributed by atoms with Crippen LogP contribution in [0.25, 0.3) is 0 Å². The van der Waals surface area contributed by atoms with Gasteiger partial charge in [0.25, 0.3) is 0 Å². The van der Waals surface area contributed by atoms with Crippen LogP contribution < -0.4 is 5.32 Å². The second-order valence-electron chi connectivity index (χ2n) is 3.41. The number of rotatable bonds is 4. The lowest BCUT2D eigenvalue weighted by Crippen LogP contribution is -2.27. The maximum atomic E-state index is 6.11. The van der Waals surface area contributed by atoms with Crippen molar-refractivity contribution in [2.24, 2.45) is 7.05 Å². The van der Waals surface area contributed by atoms with Crippen LogP contribution in [0, 0.1) is 6.92 Å². The Bertz CT molecular complexity index is 311. The fraction of sp³-hybridized carbons (Fsp3) is 0.667. The first kappa shape index (κ1) is 12.0. The van der Waals surface area contributed by atoms with Gasteiger partial charge < -0.3 is 5.32 Å². The Morgan fingerprint density at radius 1 is 1.64 bits per heavy atom. The fourth-order valence-corrected chi connectivity index (χ4v) is 1.65. The van der Waals surface area contributed by atoms with Gasteiger partial charge in [0.1, 0.15) is 0 Å². The van der Waals surface area contributed by atoms with Crippen LogP contribution in [0.1, 0.15) is 18.3 Å². The summed E-state index contributed by atoms with van der Waals surface area (Å²) in [5.41, 5.74) is 1.93. The van der Waals surface area contributed by atoms with Gasteiger partial charge in [-0.25, -0.2) is 0 Å². The fourth-order valence-electron chi connectivity index (χ4n) is 1.20. The first-order valence-electron chi connectivity index (χ1n) is 4.53. The molecule has 1 aromatic heterocycles. The van der Waals surface area contributed by atoms with Gasteiger partial charge in [-0.2, -0.15) is 5.10 Å². The molecule has 0 amide bonds. The van der Waals surface area contributed by atoms with Gasteiger partial charge in [-0.05, 0) is 13.8 Å². The van der Waals surface area contributed by atoms with Gasteiger partial charge in [0.05, 0.1) is 16.4 Å². The van der Waals surface area contributed by atoms with E-state index in [4.69, 9.17) is 11.6 Å². The summed E-state index contributed by atoms with van der Waals surface area (Å²) in [6.07, 6.45) is 0. The summed E-state index contributed by atoms with van der Waals surface area (Å²) in [6.45, 7) is 4.79. The molecule has 1 rings (SSSR count). The number of halogens is 2. The average molecular weight is 281 g/mol. The number of aryl methyl sites for hydroxylation is 2. The highest BCUT2D eigenvalue weighted by molar-refractivity contribution is 9.09. The summed E-state index contributed by atoms with van der Waals surface area (Å²) in [7, 11) is 1.91. The number of nitrogens with zero attached hydrogens (tertiary/aromatic N) is 2. The minimum absolute atomic E-state index is 0.432. The minimum Gasteiger partial charge on any atom is -0.308 e. The van der Waals surface area contributed by atoms with Gasteiger partial charge in [-0.15, -0.1) is 0 Å². The van der Waals surface area contributed by atoms with Crippen LogP contribution in [-0.2, 0) is 13.6 Å². The summed E-state index contributed by atoms with van der Waals surface area (Å²) in [5, 5.41) is 9.30. The SMILES string of the molecule is Cc1nn(C)c(CNC(C)CBr)c1Cl. The zero-order valence-corrected chi connectivity index (χ0v) is 11.0. The molecule has 0 fully saturated rings. The number of alkyl halides is 1. The van der Waals surface area contributed by atoms with Gasteiger partial charge in [-0.3, -0.25) is 4.68 Å². The second kappa shape index (κ2) is 5.14. The second-order valence-corrected chi connectivity index (χ2v) is 4.43. The highest BCUT2D eigenvalue weighted by atomic mass is 79.9. The molecule has 14 heavy (non-hydrogen) atoms. The molecule has 0 aliphatic heterocycles. The molecular formula is C9H15BrClN3. The number of hydrogen-bond donors (Lipinski definition) is 1. The molecule has 1 atom stereocenters. The molecular weight excluding hydrogens is 265 g/mol. The Kier molecular flexibility index (Phi) is 4.41. The van der Waals surface area contributed by atoms with Crippen molar-refractivity contribution in [2.75, 3.05) is 5.33 Å². The van der Waals surface area contributed by atoms with Crippen LogP contribution >= 0.6 is 27.5 Å². The molecule has 1 N–H and O–H groups in total. The smallest absolute Gasteiger partial charge is 0.0860 e. The molecule has 0 aromatic carbocycles. The quantitative estimate of drug-likeness (QED) is 0.858. The van der Waals surface area contributed by atoms with Crippen LogP contribution in [0.5, 0.6) is 0 Å². The monoisotopic (exact) mass is 279 g/mol. The molecule has 0 saturated carbocycles. The molecule has 0 aliphatic carbocycles. The predicted octanol–water partition coefficient (Wildman–Crippen LogP) is 2.25. The van der Waals surface area contributed by atoms with Crippen LogP contribution in [-0.4, -0.2) is 21.2 Å². The molecule has 5 heteroatoms. The summed E-state index contributed by atoms with van der Waals surface area (Å²) >= 11 is 9.52. The normalized spacial score (nSPS) is 13.2. The van der Waals surface area contributed by atoms with E-state index in [1.165, 1.54) is 0 Å². The standard InChI is InChI=1S/C9H15BrClN3/c1-6(4-10)12-5-8-9(11)7(2)13-14(8)3/h6,12H,4-5H2,1-3H3. The Morgan fingerprint density at radius 3 is 2.71 bits per heavy atom. The van der Waals surface area contributed by atoms with Crippen LogP contribution in [0.4, 0.5) is 0 Å². The molecule has 1 unspecified atom stereocenters. The van der Waals surface area contributed by atoms with E-state index in [1.54, 1.807) is 0 Å². The molecule has 0 spiro atoms. The topological polar surface area (TPSA) is 29.9 Å². The Morgan fingerprint density at radius 2 is 2.29 bits per heavy atom. The van der Waals surface area contributed by atoms with Gasteiger partial charge in [-0.1, -0.05) is 27.5 Å². The average Bonchev–Trinajstić information content (AvgIpc) is 2.39. The van der Waals surface area contributed by atoms with Crippen molar-refractivity contribution in [3.05, 3.63) is 16.4 Å². The van der Waals surface area contributed by atoms with Crippen molar-refractivity contribution in [3.8, 4) is 0 Å². The van der Waals surface area contributed by atoms with E-state index in [0.29, 0.717) is 6.04 Å². The van der Waals surface area contributed by atoms with Gasteiger partial charge in [0.2, 0.25) is 0 Å². The maximum absolute atomic E-state index is 6.11. The van der Waals surface area contributed by atoms with Gasteiger partial charge in [0.15, 0.2) is 0 Å². The first-order chi connectivity index (χ1) is 6.56. The third kappa shape index (κ3) is 2.72. The summed E-state index contributed by atoms with van der Waals surface area (Å²) < 4.78 is 1.83. The maximum Gasteiger partial charge on any atom is 0.0860 e. The molecule has 0 radical (unpaired) electrons. The summed E-state index contributed by atoms with van der Waals surface area (Å²) in [5.74, 6) is 0. The van der Waals surface area contributed by atoms with Crippen LogP contribution in [0.2, 0.25) is 5.02 Å². The van der Waals surface area contributed by atoms with Crippen molar-refractivity contribution in [1.29, 1.82) is 0 Å². The molecule has 3 nitrogen and oxygen atoms in total. The molecule has 80 valence electrons. The Labute approximate surface area is 97.9 Å². The van der Waals surface area contributed by atoms with E-state index in [1.807, 2.05) is 18.7 Å². The Balaban J connectivity index is 2.67. The largest absolute Gasteiger partial charge is 0.308 e. The van der Waals surface area contributed by atoms with Crippen LogP contribution in [0.15, 0.2) is 0 Å². The van der Waals surface area contributed by atoms with E-state index in [-0.39, 0.29) is 0 Å². The van der Waals surface area contributed by atoms with E-state index in [9.17, 15) is 0 Å². The zero-order chi connectivity index (χ0) is 10.7. The van der Waals surface area contributed by atoms with Crippen molar-refractivity contribution in [2.45, 2.75) is 26.4 Å². The lowest BCUT2D eigenvalue weighted by Gasteiger charge is -2.10. The number of aromatic nitrogens is 2. The first-order valence-corrected chi connectivity index (χ1v) is 6.03. The molecule has 0 bridgehead atoms. The Hall–Kier alpha value is -0.0600.